The highest BCUT2D eigenvalue weighted by molar-refractivity contribution is 7.89. The van der Waals surface area contributed by atoms with Crippen molar-refractivity contribution in [1.29, 1.82) is 0 Å². The van der Waals surface area contributed by atoms with Gasteiger partial charge in [0.05, 0.1) is 18.1 Å². The normalized spacial score (nSPS) is 15.9. The maximum Gasteiger partial charge on any atom is 0.243 e. The van der Waals surface area contributed by atoms with E-state index in [1.165, 1.54) is 16.4 Å². The molecule has 0 aliphatic carbocycles. The number of benzene rings is 2. The summed E-state index contributed by atoms with van der Waals surface area (Å²) < 4.78 is 32.4. The Kier molecular flexibility index (Phi) is 7.66. The van der Waals surface area contributed by atoms with Crippen LogP contribution in [0.15, 0.2) is 59.5 Å². The number of piperidine rings is 1. The number of carbonyl (C=O) groups excluding carboxylic acids is 1. The Labute approximate surface area is 176 Å². The average Bonchev–Trinajstić information content (AvgIpc) is 2.74. The van der Waals surface area contributed by atoms with Crippen LogP contribution < -0.4 is 5.32 Å². The number of sulfonamides is 1. The van der Waals surface area contributed by atoms with E-state index < -0.39 is 10.0 Å². The fraction of sp³-hybridized carbons (Fsp3) is 0.381. The molecule has 2 aromatic rings. The first-order chi connectivity index (χ1) is 14.0. The first-order valence-electron chi connectivity index (χ1n) is 9.62. The van der Waals surface area contributed by atoms with Crippen LogP contribution in [0.4, 0.5) is 0 Å². The highest BCUT2D eigenvalue weighted by Gasteiger charge is 2.31. The zero-order chi connectivity index (χ0) is 20.7. The van der Waals surface area contributed by atoms with Crippen LogP contribution in [-0.4, -0.2) is 44.9 Å². The van der Waals surface area contributed by atoms with Crippen molar-refractivity contribution in [3.05, 3.63) is 65.2 Å². The second-order valence-electron chi connectivity index (χ2n) is 6.96. The number of rotatable bonds is 8. The lowest BCUT2D eigenvalue weighted by atomic mass is 9.97. The Morgan fingerprint density at radius 3 is 2.38 bits per heavy atom. The van der Waals surface area contributed by atoms with Gasteiger partial charge in [0, 0.05) is 30.6 Å². The molecular weight excluding hydrogens is 412 g/mol. The fourth-order valence-electron chi connectivity index (χ4n) is 3.27. The monoisotopic (exact) mass is 436 g/mol. The highest BCUT2D eigenvalue weighted by Crippen LogP contribution is 2.24. The lowest BCUT2D eigenvalue weighted by molar-refractivity contribution is -0.126. The van der Waals surface area contributed by atoms with Crippen molar-refractivity contribution < 1.29 is 17.9 Å². The van der Waals surface area contributed by atoms with Gasteiger partial charge in [0.2, 0.25) is 15.9 Å². The first kappa shape index (κ1) is 21.8. The summed E-state index contributed by atoms with van der Waals surface area (Å²) in [5.74, 6) is -0.224. The van der Waals surface area contributed by atoms with Crippen molar-refractivity contribution in [3.8, 4) is 0 Å². The summed E-state index contributed by atoms with van der Waals surface area (Å²) in [5, 5.41) is 3.38. The summed E-state index contributed by atoms with van der Waals surface area (Å²) in [5.41, 5.74) is 1.09. The molecule has 0 aromatic heterocycles. The smallest absolute Gasteiger partial charge is 0.243 e. The molecule has 0 radical (unpaired) electrons. The van der Waals surface area contributed by atoms with E-state index in [0.717, 1.165) is 5.56 Å². The minimum atomic E-state index is -3.56. The van der Waals surface area contributed by atoms with Crippen molar-refractivity contribution in [2.45, 2.75) is 24.3 Å². The van der Waals surface area contributed by atoms with E-state index in [1.807, 2.05) is 30.3 Å². The molecular formula is C21H25ClN2O4S. The number of nitrogens with one attached hydrogen (secondary N) is 1. The standard InChI is InChI=1S/C21H25ClN2O4S/c22-19-6-8-20(9-7-19)29(26,27)24-13-10-18(11-14-24)21(25)23-12-15-28-16-17-4-2-1-3-5-17/h1-9,18H,10-16H2,(H,23,25). The van der Waals surface area contributed by atoms with Crippen LogP contribution in [0, 0.1) is 5.92 Å². The van der Waals surface area contributed by atoms with E-state index in [9.17, 15) is 13.2 Å². The van der Waals surface area contributed by atoms with Gasteiger partial charge in [-0.2, -0.15) is 4.31 Å². The summed E-state index contributed by atoms with van der Waals surface area (Å²) in [6, 6.07) is 16.0. The zero-order valence-corrected chi connectivity index (χ0v) is 17.7. The number of carbonyl (C=O) groups is 1. The van der Waals surface area contributed by atoms with Crippen LogP contribution in [0.3, 0.4) is 0 Å². The SMILES string of the molecule is O=C(NCCOCc1ccccc1)C1CCN(S(=O)(=O)c2ccc(Cl)cc2)CC1. The van der Waals surface area contributed by atoms with Gasteiger partial charge in [-0.05, 0) is 42.7 Å². The van der Waals surface area contributed by atoms with Gasteiger partial charge in [-0.1, -0.05) is 41.9 Å². The molecule has 1 fully saturated rings. The molecule has 2 aromatic carbocycles. The van der Waals surface area contributed by atoms with Crippen molar-refractivity contribution in [1.82, 2.24) is 9.62 Å². The van der Waals surface area contributed by atoms with Crippen LogP contribution in [0.5, 0.6) is 0 Å². The number of nitrogens with zero attached hydrogens (tertiary/aromatic N) is 1. The molecule has 1 amide bonds. The molecule has 3 rings (SSSR count). The molecule has 1 saturated heterocycles. The second-order valence-corrected chi connectivity index (χ2v) is 9.34. The quantitative estimate of drug-likeness (QED) is 0.645. The third-order valence-corrected chi connectivity index (χ3v) is 7.10. The van der Waals surface area contributed by atoms with E-state index >= 15 is 0 Å². The first-order valence-corrected chi connectivity index (χ1v) is 11.4. The number of halogens is 1. The van der Waals surface area contributed by atoms with Crippen molar-refractivity contribution in [2.75, 3.05) is 26.2 Å². The van der Waals surface area contributed by atoms with Gasteiger partial charge in [0.25, 0.3) is 0 Å². The topological polar surface area (TPSA) is 75.7 Å². The Balaban J connectivity index is 1.39. The lowest BCUT2D eigenvalue weighted by Gasteiger charge is -2.30. The largest absolute Gasteiger partial charge is 0.375 e. The van der Waals surface area contributed by atoms with E-state index in [4.69, 9.17) is 16.3 Å². The molecule has 156 valence electrons. The molecule has 0 saturated carbocycles. The van der Waals surface area contributed by atoms with E-state index in [0.29, 0.717) is 50.7 Å². The highest BCUT2D eigenvalue weighted by atomic mass is 35.5. The molecule has 0 bridgehead atoms. The molecule has 0 spiro atoms. The summed E-state index contributed by atoms with van der Waals surface area (Å²) in [6.07, 6.45) is 1.01. The predicted molar refractivity (Wildman–Crippen MR) is 112 cm³/mol. The summed E-state index contributed by atoms with van der Waals surface area (Å²) in [7, 11) is -3.56. The minimum absolute atomic E-state index is 0.0446. The van der Waals surface area contributed by atoms with Crippen molar-refractivity contribution in [3.63, 3.8) is 0 Å². The molecule has 0 atom stereocenters. The summed E-state index contributed by atoms with van der Waals surface area (Å²) >= 11 is 5.83. The van der Waals surface area contributed by atoms with Crippen LogP contribution >= 0.6 is 11.6 Å². The third-order valence-electron chi connectivity index (χ3n) is 4.93. The fourth-order valence-corrected chi connectivity index (χ4v) is 4.86. The molecule has 1 aliphatic rings. The minimum Gasteiger partial charge on any atom is -0.375 e. The molecule has 0 unspecified atom stereocenters. The van der Waals surface area contributed by atoms with Crippen LogP contribution in [0.2, 0.25) is 5.02 Å². The third kappa shape index (κ3) is 6.02. The Hall–Kier alpha value is -1.93. The van der Waals surface area contributed by atoms with Crippen LogP contribution in [0.25, 0.3) is 0 Å². The lowest BCUT2D eigenvalue weighted by Crippen LogP contribution is -2.43. The van der Waals surface area contributed by atoms with Gasteiger partial charge in [-0.15, -0.1) is 0 Å². The maximum atomic E-state index is 12.7. The van der Waals surface area contributed by atoms with E-state index in [2.05, 4.69) is 5.32 Å². The molecule has 1 aliphatic heterocycles. The van der Waals surface area contributed by atoms with Crippen LogP contribution in [0.1, 0.15) is 18.4 Å². The number of hydrogen-bond donors (Lipinski definition) is 1. The molecule has 1 N–H and O–H groups in total. The van der Waals surface area contributed by atoms with Gasteiger partial charge in [0.1, 0.15) is 0 Å². The Bertz CT molecular complexity index is 896. The van der Waals surface area contributed by atoms with E-state index in [1.54, 1.807) is 12.1 Å². The average molecular weight is 437 g/mol. The molecule has 29 heavy (non-hydrogen) atoms. The predicted octanol–water partition coefficient (Wildman–Crippen LogP) is 3.07. The molecule has 8 heteroatoms. The van der Waals surface area contributed by atoms with E-state index in [-0.39, 0.29) is 16.7 Å². The van der Waals surface area contributed by atoms with Gasteiger partial charge in [-0.25, -0.2) is 8.42 Å². The number of amides is 1. The number of ether oxygens (including phenoxy) is 1. The second kappa shape index (κ2) is 10.2. The Morgan fingerprint density at radius 1 is 1.07 bits per heavy atom. The van der Waals surface area contributed by atoms with Gasteiger partial charge in [0.15, 0.2) is 0 Å². The van der Waals surface area contributed by atoms with Gasteiger partial charge in [-0.3, -0.25) is 4.79 Å². The maximum absolute atomic E-state index is 12.7. The van der Waals surface area contributed by atoms with Crippen LogP contribution in [-0.2, 0) is 26.2 Å². The molecule has 1 heterocycles. The summed E-state index contributed by atoms with van der Waals surface area (Å²) in [4.78, 5) is 12.6. The van der Waals surface area contributed by atoms with Crippen molar-refractivity contribution in [2.24, 2.45) is 5.92 Å². The van der Waals surface area contributed by atoms with Gasteiger partial charge < -0.3 is 10.1 Å². The van der Waals surface area contributed by atoms with Crippen molar-refractivity contribution >= 4 is 27.5 Å². The zero-order valence-electron chi connectivity index (χ0n) is 16.1. The Morgan fingerprint density at radius 2 is 1.72 bits per heavy atom. The summed E-state index contributed by atoms with van der Waals surface area (Å²) in [6.45, 7) is 2.04. The number of hydrogen-bond acceptors (Lipinski definition) is 4. The molecule has 6 nitrogen and oxygen atoms in total. The van der Waals surface area contributed by atoms with Gasteiger partial charge >= 0.3 is 0 Å².